The number of aromatic nitrogens is 4. The van der Waals surface area contributed by atoms with Gasteiger partial charge in [0.25, 0.3) is 15.9 Å². The maximum Gasteiger partial charge on any atom is 0.264 e. The van der Waals surface area contributed by atoms with Crippen LogP contribution in [0.1, 0.15) is 73.9 Å². The molecule has 4 aromatic rings. The van der Waals surface area contributed by atoms with Gasteiger partial charge in [-0.25, -0.2) is 28.1 Å². The summed E-state index contributed by atoms with van der Waals surface area (Å²) in [7, 11) is -4.17. The molecule has 4 heterocycles. The zero-order valence-corrected chi connectivity index (χ0v) is 27.6. The lowest BCUT2D eigenvalue weighted by molar-refractivity contribution is -0.0202. The minimum Gasteiger partial charge on any atom is -0.488 e. The van der Waals surface area contributed by atoms with Crippen molar-refractivity contribution in [3.8, 4) is 22.9 Å². The monoisotopic (exact) mass is 642 g/mol. The number of ether oxygens (including phenoxy) is 2. The number of piperidine rings is 1. The highest BCUT2D eigenvalue weighted by Crippen LogP contribution is 2.44. The molecular formula is C34H38N6O5S. The Morgan fingerprint density at radius 1 is 1.02 bits per heavy atom. The van der Waals surface area contributed by atoms with Crippen LogP contribution in [0.4, 0.5) is 5.95 Å². The van der Waals surface area contributed by atoms with Gasteiger partial charge in [0.2, 0.25) is 11.8 Å². The Balaban J connectivity index is 1.50. The van der Waals surface area contributed by atoms with Gasteiger partial charge in [0.15, 0.2) is 11.6 Å². The maximum absolute atomic E-state index is 14.5. The van der Waals surface area contributed by atoms with E-state index in [-0.39, 0.29) is 46.3 Å². The first-order valence-electron chi connectivity index (χ1n) is 15.3. The van der Waals surface area contributed by atoms with Gasteiger partial charge in [-0.2, -0.15) is 4.98 Å². The topological polar surface area (TPSA) is 136 Å². The molecule has 1 amide bonds. The van der Waals surface area contributed by atoms with Crippen molar-refractivity contribution >= 4 is 21.9 Å². The molecule has 11 nitrogen and oxygen atoms in total. The predicted octanol–water partition coefficient (Wildman–Crippen LogP) is 5.90. The highest BCUT2D eigenvalue weighted by atomic mass is 32.2. The van der Waals surface area contributed by atoms with Crippen LogP contribution < -0.4 is 14.2 Å². The third-order valence-electron chi connectivity index (χ3n) is 8.63. The molecule has 1 saturated heterocycles. The number of hydrogen-bond acceptors (Lipinski definition) is 9. The number of rotatable bonds is 4. The van der Waals surface area contributed by atoms with Gasteiger partial charge >= 0.3 is 0 Å². The zero-order valence-electron chi connectivity index (χ0n) is 26.8. The molecule has 1 fully saturated rings. The lowest BCUT2D eigenvalue weighted by atomic mass is 9.74. The number of amides is 1. The van der Waals surface area contributed by atoms with Crippen LogP contribution in [0, 0.1) is 19.3 Å². The number of anilines is 1. The molecule has 2 aliphatic rings. The van der Waals surface area contributed by atoms with E-state index in [1.807, 2.05) is 45.9 Å². The van der Waals surface area contributed by atoms with Crippen molar-refractivity contribution in [1.29, 1.82) is 0 Å². The van der Waals surface area contributed by atoms with Crippen LogP contribution in [-0.2, 0) is 10.0 Å². The number of nitrogens with zero attached hydrogens (tertiary/aromatic N) is 5. The van der Waals surface area contributed by atoms with Crippen molar-refractivity contribution in [1.82, 2.24) is 24.8 Å². The number of nitrogens with one attached hydrogen (secondary N) is 1. The largest absolute Gasteiger partial charge is 0.488 e. The molecular weight excluding hydrogens is 604 g/mol. The Hall–Kier alpha value is -4.58. The third kappa shape index (κ3) is 6.13. The second-order valence-electron chi connectivity index (χ2n) is 12.8. The first-order valence-corrected chi connectivity index (χ1v) is 16.8. The van der Waals surface area contributed by atoms with E-state index in [9.17, 15) is 13.2 Å². The molecule has 6 rings (SSSR count). The second-order valence-corrected chi connectivity index (χ2v) is 14.5. The summed E-state index contributed by atoms with van der Waals surface area (Å²) in [6.07, 6.45) is 4.57. The van der Waals surface area contributed by atoms with Gasteiger partial charge in [0.1, 0.15) is 6.61 Å². The van der Waals surface area contributed by atoms with Gasteiger partial charge in [-0.05, 0) is 75.3 Å². The number of carbonyl (C=O) groups excluding carboxylic acids is 1. The first kappa shape index (κ1) is 31.4. The number of carbonyl (C=O) groups is 1. The molecule has 0 aliphatic carbocycles. The summed E-state index contributed by atoms with van der Waals surface area (Å²) in [5.41, 5.74) is 3.17. The molecule has 2 atom stereocenters. The van der Waals surface area contributed by atoms with Crippen LogP contribution >= 0.6 is 0 Å². The van der Waals surface area contributed by atoms with E-state index in [0.717, 1.165) is 23.1 Å². The summed E-state index contributed by atoms with van der Waals surface area (Å²) in [6, 6.07) is 12.7. The van der Waals surface area contributed by atoms with Crippen LogP contribution in [0.15, 0.2) is 65.8 Å². The Morgan fingerprint density at radius 3 is 2.41 bits per heavy atom. The van der Waals surface area contributed by atoms with Crippen LogP contribution in [0.2, 0.25) is 0 Å². The number of sulfonamides is 1. The van der Waals surface area contributed by atoms with Crippen LogP contribution in [0.25, 0.3) is 11.3 Å². The van der Waals surface area contributed by atoms with Gasteiger partial charge in [-0.3, -0.25) is 4.79 Å². The maximum atomic E-state index is 14.5. The molecule has 1 N–H and O–H groups in total. The summed E-state index contributed by atoms with van der Waals surface area (Å²) in [5.74, 6) is 0.730. The molecule has 0 saturated carbocycles. The van der Waals surface area contributed by atoms with Crippen LogP contribution in [-0.4, -0.2) is 57.9 Å². The van der Waals surface area contributed by atoms with Crippen LogP contribution in [0.3, 0.4) is 0 Å². The first-order chi connectivity index (χ1) is 21.8. The highest BCUT2D eigenvalue weighted by Gasteiger charge is 2.47. The fraction of sp³-hybridized carbons (Fsp3) is 0.382. The number of hydrogen-bond donors (Lipinski definition) is 1. The van der Waals surface area contributed by atoms with Gasteiger partial charge in [0.05, 0.1) is 41.2 Å². The van der Waals surface area contributed by atoms with E-state index >= 15 is 0 Å². The molecule has 0 spiro atoms. The lowest BCUT2D eigenvalue weighted by Gasteiger charge is -2.49. The van der Waals surface area contributed by atoms with E-state index in [2.05, 4.69) is 38.5 Å². The standard InChI is InChI=1S/C34H38N6O5S/c1-20(2)45-24-17-35-31(36-18-24)27-13-14-34(5,6)28-19-44-29-16-26(30-21(3)9-7-10-22(30)4)37-33(38-29)39-46(42,43)25-12-8-11-23(15-25)32(41)40(27)28/h7-12,15-18,20,27-28H,13-14,19H2,1-6H3,(H,37,38,39). The average molecular weight is 643 g/mol. The van der Waals surface area contributed by atoms with Crippen molar-refractivity contribution in [3.05, 3.63) is 83.4 Å². The molecule has 240 valence electrons. The fourth-order valence-corrected chi connectivity index (χ4v) is 7.25. The number of benzene rings is 2. The van der Waals surface area contributed by atoms with Crippen molar-refractivity contribution < 1.29 is 22.7 Å². The van der Waals surface area contributed by atoms with E-state index in [1.54, 1.807) is 35.5 Å². The Bertz CT molecular complexity index is 1870. The predicted molar refractivity (Wildman–Crippen MR) is 173 cm³/mol. The molecule has 2 unspecified atom stereocenters. The van der Waals surface area contributed by atoms with E-state index in [0.29, 0.717) is 23.7 Å². The molecule has 2 aromatic heterocycles. The van der Waals surface area contributed by atoms with E-state index in [1.165, 1.54) is 12.1 Å². The summed E-state index contributed by atoms with van der Waals surface area (Å²) in [6.45, 7) is 12.1. The Labute approximate surface area is 269 Å². The second kappa shape index (κ2) is 12.0. The van der Waals surface area contributed by atoms with Crippen molar-refractivity contribution in [2.45, 2.75) is 77.5 Å². The molecule has 0 radical (unpaired) electrons. The van der Waals surface area contributed by atoms with Gasteiger partial charge in [-0.15, -0.1) is 0 Å². The SMILES string of the molecule is Cc1cccc(C)c1-c1cc2nc(n1)NS(=O)(=O)c1cccc(c1)C(=O)N1C(c3ncc(OC(C)C)cn3)CCC(C)(C)C1CO2. The molecule has 4 bridgehead atoms. The lowest BCUT2D eigenvalue weighted by Crippen LogP contribution is -2.56. The molecule has 2 aliphatic heterocycles. The number of aryl methyl sites for hydroxylation is 2. The Kier molecular flexibility index (Phi) is 8.18. The van der Waals surface area contributed by atoms with Crippen molar-refractivity contribution in [3.63, 3.8) is 0 Å². The van der Waals surface area contributed by atoms with Gasteiger partial charge in [-0.1, -0.05) is 38.1 Å². The minimum absolute atomic E-state index is 0.0391. The fourth-order valence-electron chi connectivity index (χ4n) is 6.26. The van der Waals surface area contributed by atoms with Gasteiger partial charge < -0.3 is 14.4 Å². The van der Waals surface area contributed by atoms with E-state index in [4.69, 9.17) is 9.47 Å². The smallest absolute Gasteiger partial charge is 0.264 e. The summed E-state index contributed by atoms with van der Waals surface area (Å²) >= 11 is 0. The molecule has 46 heavy (non-hydrogen) atoms. The minimum atomic E-state index is -4.17. The van der Waals surface area contributed by atoms with Gasteiger partial charge in [0, 0.05) is 17.2 Å². The molecule has 2 aromatic carbocycles. The normalized spacial score (nSPS) is 20.3. The molecule has 12 heteroatoms. The summed E-state index contributed by atoms with van der Waals surface area (Å²) in [5, 5.41) is 0. The van der Waals surface area contributed by atoms with Crippen molar-refractivity contribution in [2.75, 3.05) is 11.3 Å². The van der Waals surface area contributed by atoms with E-state index < -0.39 is 22.1 Å². The zero-order chi connectivity index (χ0) is 32.8. The Morgan fingerprint density at radius 2 is 1.72 bits per heavy atom. The van der Waals surface area contributed by atoms with Crippen molar-refractivity contribution in [2.24, 2.45) is 5.41 Å². The summed E-state index contributed by atoms with van der Waals surface area (Å²) in [4.78, 5) is 34.4. The third-order valence-corrected chi connectivity index (χ3v) is 9.96. The quantitative estimate of drug-likeness (QED) is 0.288. The van der Waals surface area contributed by atoms with Crippen LogP contribution in [0.5, 0.6) is 11.6 Å². The number of fused-ring (bicyclic) bond motifs is 5. The highest BCUT2D eigenvalue weighted by molar-refractivity contribution is 7.92. The average Bonchev–Trinajstić information content (AvgIpc) is 2.99. The summed E-state index contributed by atoms with van der Waals surface area (Å²) < 4.78 is 42.0.